The van der Waals surface area contributed by atoms with Crippen LogP contribution in [-0.4, -0.2) is 22.2 Å². The van der Waals surface area contributed by atoms with Gasteiger partial charge in [-0.15, -0.1) is 0 Å². The number of carboxylic acids is 2. The molecule has 0 radical (unpaired) electrons. The van der Waals surface area contributed by atoms with Gasteiger partial charge in [0, 0.05) is 12.0 Å². The van der Waals surface area contributed by atoms with Crippen molar-refractivity contribution in [3.63, 3.8) is 0 Å². The van der Waals surface area contributed by atoms with Crippen LogP contribution >= 0.6 is 0 Å². The fourth-order valence-corrected chi connectivity index (χ4v) is 1.07. The molecule has 0 aliphatic carbocycles. The summed E-state index contributed by atoms with van der Waals surface area (Å²) in [4.78, 5) is 20.7. The van der Waals surface area contributed by atoms with Crippen LogP contribution in [0.5, 0.6) is 0 Å². The van der Waals surface area contributed by atoms with Crippen LogP contribution in [-0.2, 0) is 9.59 Å². The van der Waals surface area contributed by atoms with Crippen LogP contribution in [0.1, 0.15) is 33.1 Å². The van der Waals surface area contributed by atoms with Crippen LogP contribution in [0.2, 0.25) is 0 Å². The lowest BCUT2D eigenvalue weighted by molar-refractivity contribution is -0.138. The molecule has 0 unspecified atom stereocenters. The zero-order valence-corrected chi connectivity index (χ0v) is 8.49. The van der Waals surface area contributed by atoms with Crippen molar-refractivity contribution in [3.05, 3.63) is 11.6 Å². The van der Waals surface area contributed by atoms with Gasteiger partial charge in [0.2, 0.25) is 0 Å². The standard InChI is InChI=1S/C10H16O4/c1-7(6-9(11)12)4-3-5-8(2)10(13)14/h5,7H,3-4,6H2,1-2H3,(H,11,12)(H,13,14)/b8-5+/t7-/m1/s1. The largest absolute Gasteiger partial charge is 0.481 e. The number of allylic oxidation sites excluding steroid dienone is 1. The van der Waals surface area contributed by atoms with Gasteiger partial charge in [0.05, 0.1) is 0 Å². The van der Waals surface area contributed by atoms with E-state index >= 15 is 0 Å². The zero-order chi connectivity index (χ0) is 11.1. The van der Waals surface area contributed by atoms with Crippen molar-refractivity contribution in [2.45, 2.75) is 33.1 Å². The highest BCUT2D eigenvalue weighted by Crippen LogP contribution is 2.11. The summed E-state index contributed by atoms with van der Waals surface area (Å²) in [7, 11) is 0. The first-order chi connectivity index (χ1) is 6.43. The Kier molecular flexibility index (Phi) is 5.60. The van der Waals surface area contributed by atoms with Crippen LogP contribution < -0.4 is 0 Å². The third-order valence-electron chi connectivity index (χ3n) is 1.97. The molecule has 14 heavy (non-hydrogen) atoms. The van der Waals surface area contributed by atoms with E-state index in [2.05, 4.69) is 0 Å². The van der Waals surface area contributed by atoms with Crippen LogP contribution in [0.25, 0.3) is 0 Å². The summed E-state index contributed by atoms with van der Waals surface area (Å²) in [5, 5.41) is 17.0. The molecule has 0 rings (SSSR count). The second-order valence-electron chi connectivity index (χ2n) is 3.47. The highest BCUT2D eigenvalue weighted by Gasteiger charge is 2.06. The lowest BCUT2D eigenvalue weighted by Crippen LogP contribution is -2.04. The predicted octanol–water partition coefficient (Wildman–Crippen LogP) is 1.91. The zero-order valence-electron chi connectivity index (χ0n) is 8.49. The average Bonchev–Trinajstić information content (AvgIpc) is 2.02. The minimum atomic E-state index is -0.920. The highest BCUT2D eigenvalue weighted by molar-refractivity contribution is 5.85. The molecule has 0 spiro atoms. The lowest BCUT2D eigenvalue weighted by Gasteiger charge is -2.05. The smallest absolute Gasteiger partial charge is 0.330 e. The summed E-state index contributed by atoms with van der Waals surface area (Å²) in [5.74, 6) is -1.64. The van der Waals surface area contributed by atoms with E-state index < -0.39 is 11.9 Å². The quantitative estimate of drug-likeness (QED) is 0.642. The molecular formula is C10H16O4. The van der Waals surface area contributed by atoms with Gasteiger partial charge >= 0.3 is 11.9 Å². The summed E-state index contributed by atoms with van der Waals surface area (Å²) in [5.41, 5.74) is 0.313. The van der Waals surface area contributed by atoms with Crippen molar-refractivity contribution < 1.29 is 19.8 Å². The SMILES string of the molecule is C/C(=C\CC[C@@H](C)CC(=O)O)C(=O)O. The van der Waals surface area contributed by atoms with Gasteiger partial charge in [-0.2, -0.15) is 0 Å². The van der Waals surface area contributed by atoms with E-state index in [0.29, 0.717) is 18.4 Å². The van der Waals surface area contributed by atoms with E-state index in [1.165, 1.54) is 6.92 Å². The number of carboxylic acid groups (broad SMARTS) is 2. The minimum absolute atomic E-state index is 0.0883. The molecule has 1 atom stereocenters. The summed E-state index contributed by atoms with van der Waals surface area (Å²) in [6, 6.07) is 0. The number of hydrogen-bond donors (Lipinski definition) is 2. The van der Waals surface area contributed by atoms with E-state index in [1.54, 1.807) is 6.08 Å². The molecule has 0 saturated heterocycles. The Morgan fingerprint density at radius 2 is 1.93 bits per heavy atom. The van der Waals surface area contributed by atoms with Crippen molar-refractivity contribution in [2.24, 2.45) is 5.92 Å². The van der Waals surface area contributed by atoms with E-state index in [9.17, 15) is 9.59 Å². The number of carbonyl (C=O) groups is 2. The monoisotopic (exact) mass is 200 g/mol. The third kappa shape index (κ3) is 6.22. The van der Waals surface area contributed by atoms with Gasteiger partial charge in [-0.25, -0.2) is 4.79 Å². The number of rotatable bonds is 6. The minimum Gasteiger partial charge on any atom is -0.481 e. The first kappa shape index (κ1) is 12.7. The van der Waals surface area contributed by atoms with Crippen LogP contribution in [0, 0.1) is 5.92 Å². The predicted molar refractivity (Wildman–Crippen MR) is 52.0 cm³/mol. The molecule has 0 heterocycles. The Balaban J connectivity index is 3.78. The molecule has 0 bridgehead atoms. The lowest BCUT2D eigenvalue weighted by atomic mass is 10.0. The van der Waals surface area contributed by atoms with Gasteiger partial charge in [0.25, 0.3) is 0 Å². The van der Waals surface area contributed by atoms with Gasteiger partial charge in [-0.3, -0.25) is 4.79 Å². The second kappa shape index (κ2) is 6.18. The Labute approximate surface area is 83.2 Å². The third-order valence-corrected chi connectivity index (χ3v) is 1.97. The maximum atomic E-state index is 10.4. The van der Waals surface area contributed by atoms with Crippen LogP contribution in [0.4, 0.5) is 0 Å². The first-order valence-corrected chi connectivity index (χ1v) is 4.55. The maximum Gasteiger partial charge on any atom is 0.330 e. The molecule has 0 aromatic rings. The van der Waals surface area contributed by atoms with Gasteiger partial charge in [-0.1, -0.05) is 13.0 Å². The Hall–Kier alpha value is -1.32. The normalized spacial score (nSPS) is 13.7. The van der Waals surface area contributed by atoms with Crippen LogP contribution in [0.15, 0.2) is 11.6 Å². The molecule has 80 valence electrons. The average molecular weight is 200 g/mol. The Morgan fingerprint density at radius 1 is 1.36 bits per heavy atom. The summed E-state index contributed by atoms with van der Waals surface area (Å²) < 4.78 is 0. The van der Waals surface area contributed by atoms with Gasteiger partial charge in [0.1, 0.15) is 0 Å². The summed E-state index contributed by atoms with van der Waals surface area (Å²) in [6.07, 6.45) is 3.09. The molecule has 0 aliphatic heterocycles. The number of aliphatic carboxylic acids is 2. The van der Waals surface area contributed by atoms with Crippen molar-refractivity contribution in [3.8, 4) is 0 Å². The molecule has 0 aliphatic rings. The van der Waals surface area contributed by atoms with Gasteiger partial charge in [-0.05, 0) is 25.7 Å². The van der Waals surface area contributed by atoms with E-state index in [4.69, 9.17) is 10.2 Å². The molecule has 0 amide bonds. The summed E-state index contributed by atoms with van der Waals surface area (Å²) in [6.45, 7) is 3.38. The molecule has 4 heteroatoms. The van der Waals surface area contributed by atoms with E-state index in [1.807, 2.05) is 6.92 Å². The van der Waals surface area contributed by atoms with E-state index in [-0.39, 0.29) is 12.3 Å². The molecule has 2 N–H and O–H groups in total. The second-order valence-corrected chi connectivity index (χ2v) is 3.47. The molecule has 0 fully saturated rings. The fourth-order valence-electron chi connectivity index (χ4n) is 1.07. The highest BCUT2D eigenvalue weighted by atomic mass is 16.4. The van der Waals surface area contributed by atoms with Gasteiger partial charge in [0.15, 0.2) is 0 Å². The first-order valence-electron chi connectivity index (χ1n) is 4.55. The maximum absolute atomic E-state index is 10.4. The van der Waals surface area contributed by atoms with Gasteiger partial charge < -0.3 is 10.2 Å². The fraction of sp³-hybridized carbons (Fsp3) is 0.600. The molecular weight excluding hydrogens is 184 g/mol. The molecule has 0 aromatic carbocycles. The molecule has 0 aromatic heterocycles. The van der Waals surface area contributed by atoms with Crippen molar-refractivity contribution >= 4 is 11.9 Å². The number of hydrogen-bond acceptors (Lipinski definition) is 2. The topological polar surface area (TPSA) is 74.6 Å². The molecule has 0 saturated carbocycles. The van der Waals surface area contributed by atoms with Crippen molar-refractivity contribution in [2.75, 3.05) is 0 Å². The Morgan fingerprint density at radius 3 is 2.36 bits per heavy atom. The molecule has 4 nitrogen and oxygen atoms in total. The summed E-state index contributed by atoms with van der Waals surface area (Å²) >= 11 is 0. The van der Waals surface area contributed by atoms with Crippen molar-refractivity contribution in [1.82, 2.24) is 0 Å². The van der Waals surface area contributed by atoms with Crippen LogP contribution in [0.3, 0.4) is 0 Å². The van der Waals surface area contributed by atoms with Crippen molar-refractivity contribution in [1.29, 1.82) is 0 Å². The Bertz CT molecular complexity index is 243. The van der Waals surface area contributed by atoms with E-state index in [0.717, 1.165) is 0 Å².